The smallest absolute Gasteiger partial charge is 0.122 e. The summed E-state index contributed by atoms with van der Waals surface area (Å²) in [4.78, 5) is 0. The number of pyridine rings is 1. The van der Waals surface area contributed by atoms with Crippen LogP contribution in [-0.2, 0) is 0 Å². The Balaban J connectivity index is 2.19. The van der Waals surface area contributed by atoms with Crippen molar-refractivity contribution >= 4 is 11.2 Å². The van der Waals surface area contributed by atoms with E-state index in [0.29, 0.717) is 0 Å². The molecule has 0 atom stereocenters. The van der Waals surface area contributed by atoms with Gasteiger partial charge in [-0.3, -0.25) is 0 Å². The highest BCUT2D eigenvalue weighted by molar-refractivity contribution is 5.81. The van der Waals surface area contributed by atoms with E-state index < -0.39 is 0 Å². The normalized spacial score (nSPS) is 10.7. The Morgan fingerprint density at radius 3 is 2.67 bits per heavy atom. The fraction of sp³-hybridized carbons (Fsp3) is 0.0714. The maximum atomic E-state index is 5.70. The van der Waals surface area contributed by atoms with Crippen molar-refractivity contribution in [3.05, 3.63) is 48.8 Å². The Hall–Kier alpha value is -2.49. The molecule has 0 aliphatic rings. The summed E-state index contributed by atoms with van der Waals surface area (Å²) in [6.07, 6.45) is 3.73. The van der Waals surface area contributed by atoms with Crippen molar-refractivity contribution in [3.8, 4) is 16.9 Å². The van der Waals surface area contributed by atoms with Crippen LogP contribution in [0.1, 0.15) is 0 Å². The van der Waals surface area contributed by atoms with Gasteiger partial charge >= 0.3 is 0 Å². The Morgan fingerprint density at radius 1 is 1.17 bits per heavy atom. The van der Waals surface area contributed by atoms with Gasteiger partial charge in [-0.1, -0.05) is 12.1 Å². The van der Waals surface area contributed by atoms with E-state index in [4.69, 9.17) is 10.5 Å². The summed E-state index contributed by atoms with van der Waals surface area (Å²) in [7, 11) is 1.66. The molecular formula is C14H13N3O. The van der Waals surface area contributed by atoms with Gasteiger partial charge in [0, 0.05) is 23.5 Å². The van der Waals surface area contributed by atoms with Gasteiger partial charge < -0.3 is 10.5 Å². The van der Waals surface area contributed by atoms with E-state index in [-0.39, 0.29) is 0 Å². The van der Waals surface area contributed by atoms with Gasteiger partial charge in [-0.05, 0) is 23.8 Å². The van der Waals surface area contributed by atoms with Crippen molar-refractivity contribution in [2.75, 3.05) is 12.8 Å². The molecule has 2 heterocycles. The second-order valence-corrected chi connectivity index (χ2v) is 4.08. The number of rotatable bonds is 2. The minimum Gasteiger partial charge on any atom is -0.497 e. The molecule has 0 aliphatic heterocycles. The molecule has 18 heavy (non-hydrogen) atoms. The number of aromatic nitrogens is 2. The van der Waals surface area contributed by atoms with Crippen LogP contribution in [0.15, 0.2) is 48.8 Å². The molecule has 0 fully saturated rings. The average molecular weight is 239 g/mol. The minimum absolute atomic E-state index is 0.757. The number of benzene rings is 1. The molecule has 0 spiro atoms. The van der Waals surface area contributed by atoms with E-state index in [1.54, 1.807) is 7.11 Å². The zero-order chi connectivity index (χ0) is 12.5. The molecule has 0 radical (unpaired) electrons. The lowest BCUT2D eigenvalue weighted by molar-refractivity contribution is 0.414. The number of nitrogens with two attached hydrogens (primary N) is 1. The van der Waals surface area contributed by atoms with Crippen LogP contribution < -0.4 is 10.5 Å². The molecule has 0 bridgehead atoms. The Kier molecular flexibility index (Phi) is 2.41. The van der Waals surface area contributed by atoms with Crippen molar-refractivity contribution < 1.29 is 4.74 Å². The van der Waals surface area contributed by atoms with Crippen LogP contribution in [0.2, 0.25) is 0 Å². The highest BCUT2D eigenvalue weighted by Gasteiger charge is 2.07. The van der Waals surface area contributed by atoms with Gasteiger partial charge in [0.15, 0.2) is 0 Å². The topological polar surface area (TPSA) is 52.5 Å². The van der Waals surface area contributed by atoms with E-state index in [2.05, 4.69) is 5.10 Å². The zero-order valence-corrected chi connectivity index (χ0v) is 10.00. The summed E-state index contributed by atoms with van der Waals surface area (Å²) in [6.45, 7) is 0. The first-order valence-electron chi connectivity index (χ1n) is 5.65. The number of methoxy groups -OCH3 is 1. The number of anilines is 1. The van der Waals surface area contributed by atoms with E-state index in [1.165, 1.54) is 0 Å². The predicted octanol–water partition coefficient (Wildman–Crippen LogP) is 2.59. The van der Waals surface area contributed by atoms with Crippen LogP contribution in [0.4, 0.5) is 5.69 Å². The van der Waals surface area contributed by atoms with Gasteiger partial charge in [0.2, 0.25) is 0 Å². The highest BCUT2D eigenvalue weighted by atomic mass is 16.5. The maximum absolute atomic E-state index is 5.70. The van der Waals surface area contributed by atoms with Crippen molar-refractivity contribution in [1.82, 2.24) is 9.61 Å². The summed E-state index contributed by atoms with van der Waals surface area (Å²) in [5.41, 5.74) is 9.62. The summed E-state index contributed by atoms with van der Waals surface area (Å²) in [5, 5.41) is 4.32. The fourth-order valence-electron chi connectivity index (χ4n) is 1.97. The van der Waals surface area contributed by atoms with Crippen molar-refractivity contribution in [2.45, 2.75) is 0 Å². The quantitative estimate of drug-likeness (QED) is 0.699. The van der Waals surface area contributed by atoms with E-state index >= 15 is 0 Å². The van der Waals surface area contributed by atoms with Crippen LogP contribution in [0.5, 0.6) is 5.75 Å². The summed E-state index contributed by atoms with van der Waals surface area (Å²) in [6, 6.07) is 11.6. The molecule has 2 aromatic heterocycles. The summed E-state index contributed by atoms with van der Waals surface area (Å²) < 4.78 is 7.07. The van der Waals surface area contributed by atoms with Crippen molar-refractivity contribution in [2.24, 2.45) is 0 Å². The standard InChI is InChI=1S/C14H13N3O/c1-18-12-6-7-17-14(8-12)13(9-16-17)10-2-4-11(15)5-3-10/h2-9H,15H2,1H3. The van der Waals surface area contributed by atoms with E-state index in [0.717, 1.165) is 28.1 Å². The third-order valence-corrected chi connectivity index (χ3v) is 2.95. The molecule has 3 rings (SSSR count). The van der Waals surface area contributed by atoms with Gasteiger partial charge in [0.1, 0.15) is 5.75 Å². The van der Waals surface area contributed by atoms with Gasteiger partial charge in [-0.2, -0.15) is 5.10 Å². The number of nitrogens with zero attached hydrogens (tertiary/aromatic N) is 2. The molecule has 0 aliphatic carbocycles. The van der Waals surface area contributed by atoms with Crippen LogP contribution in [0.3, 0.4) is 0 Å². The largest absolute Gasteiger partial charge is 0.497 e. The highest BCUT2D eigenvalue weighted by Crippen LogP contribution is 2.27. The van der Waals surface area contributed by atoms with E-state index in [1.807, 2.05) is 53.3 Å². The second kappa shape index (κ2) is 4.07. The molecule has 2 N–H and O–H groups in total. The Bertz CT molecular complexity index is 686. The first kappa shape index (κ1) is 10.7. The lowest BCUT2D eigenvalue weighted by Gasteiger charge is -2.03. The molecular weight excluding hydrogens is 226 g/mol. The third-order valence-electron chi connectivity index (χ3n) is 2.95. The van der Waals surface area contributed by atoms with Gasteiger partial charge in [-0.15, -0.1) is 0 Å². The lowest BCUT2D eigenvalue weighted by atomic mass is 10.1. The molecule has 1 aromatic carbocycles. The molecule has 3 aromatic rings. The van der Waals surface area contributed by atoms with Crippen molar-refractivity contribution in [1.29, 1.82) is 0 Å². The third kappa shape index (κ3) is 1.68. The number of hydrogen-bond acceptors (Lipinski definition) is 3. The van der Waals surface area contributed by atoms with Gasteiger partial charge in [0.05, 0.1) is 18.8 Å². The number of hydrogen-bond donors (Lipinski definition) is 1. The molecule has 4 heteroatoms. The Morgan fingerprint density at radius 2 is 1.94 bits per heavy atom. The van der Waals surface area contributed by atoms with E-state index in [9.17, 15) is 0 Å². The van der Waals surface area contributed by atoms with Crippen LogP contribution in [0.25, 0.3) is 16.6 Å². The van der Waals surface area contributed by atoms with Crippen LogP contribution >= 0.6 is 0 Å². The second-order valence-electron chi connectivity index (χ2n) is 4.08. The first-order chi connectivity index (χ1) is 8.78. The summed E-state index contributed by atoms with van der Waals surface area (Å²) >= 11 is 0. The van der Waals surface area contributed by atoms with Crippen LogP contribution in [-0.4, -0.2) is 16.7 Å². The average Bonchev–Trinajstić information content (AvgIpc) is 2.82. The van der Waals surface area contributed by atoms with Crippen LogP contribution in [0, 0.1) is 0 Å². The monoisotopic (exact) mass is 239 g/mol. The summed E-state index contributed by atoms with van der Waals surface area (Å²) in [5.74, 6) is 0.819. The van der Waals surface area contributed by atoms with Crippen molar-refractivity contribution in [3.63, 3.8) is 0 Å². The predicted molar refractivity (Wildman–Crippen MR) is 71.6 cm³/mol. The molecule has 4 nitrogen and oxygen atoms in total. The zero-order valence-electron chi connectivity index (χ0n) is 10.00. The first-order valence-corrected chi connectivity index (χ1v) is 5.65. The van der Waals surface area contributed by atoms with Gasteiger partial charge in [0.25, 0.3) is 0 Å². The molecule has 0 saturated carbocycles. The Labute approximate surface area is 105 Å². The molecule has 0 amide bonds. The molecule has 0 saturated heterocycles. The minimum atomic E-state index is 0.757. The number of fused-ring (bicyclic) bond motifs is 1. The molecule has 90 valence electrons. The SMILES string of the molecule is COc1ccn2ncc(-c3ccc(N)cc3)c2c1. The fourth-order valence-corrected chi connectivity index (χ4v) is 1.97. The maximum Gasteiger partial charge on any atom is 0.122 e. The number of ether oxygens (including phenoxy) is 1. The van der Waals surface area contributed by atoms with Gasteiger partial charge in [-0.25, -0.2) is 4.52 Å². The number of nitrogen functional groups attached to an aromatic ring is 1. The lowest BCUT2D eigenvalue weighted by Crippen LogP contribution is -1.89. The molecule has 0 unspecified atom stereocenters.